The van der Waals surface area contributed by atoms with Gasteiger partial charge in [0.05, 0.1) is 30.2 Å². The molecule has 1 N–H and O–H groups in total. The fraction of sp³-hybridized carbons (Fsp3) is 0.300. The molecule has 2 rings (SSSR count). The van der Waals surface area contributed by atoms with Crippen molar-refractivity contribution in [3.05, 3.63) is 53.6 Å². The van der Waals surface area contributed by atoms with E-state index in [1.807, 2.05) is 0 Å². The van der Waals surface area contributed by atoms with Crippen molar-refractivity contribution < 1.29 is 32.2 Å². The standard InChI is InChI=1S/C20H23NO7S/c1-13(2)21-29(24,25)16-7-5-6-14(10-16)20(23)28-12-18(22)17-9-8-15(26-3)11-19(17)27-4/h5-11,13,21H,12H2,1-4H3. The highest BCUT2D eigenvalue weighted by Crippen LogP contribution is 2.25. The lowest BCUT2D eigenvalue weighted by atomic mass is 10.1. The first-order valence-corrected chi connectivity index (χ1v) is 10.2. The van der Waals surface area contributed by atoms with Gasteiger partial charge in [0.15, 0.2) is 6.61 Å². The molecule has 0 spiro atoms. The molecule has 29 heavy (non-hydrogen) atoms. The van der Waals surface area contributed by atoms with Gasteiger partial charge in [0.25, 0.3) is 0 Å². The van der Waals surface area contributed by atoms with E-state index in [1.165, 1.54) is 44.6 Å². The first-order valence-electron chi connectivity index (χ1n) is 8.72. The summed E-state index contributed by atoms with van der Waals surface area (Å²) in [5.74, 6) is -0.475. The summed E-state index contributed by atoms with van der Waals surface area (Å²) in [6, 6.07) is 9.76. The third-order valence-electron chi connectivity index (χ3n) is 3.81. The second-order valence-electron chi connectivity index (χ2n) is 6.37. The second kappa shape index (κ2) is 9.53. The van der Waals surface area contributed by atoms with E-state index < -0.39 is 28.4 Å². The molecule has 0 aromatic heterocycles. The third kappa shape index (κ3) is 5.78. The van der Waals surface area contributed by atoms with E-state index in [0.717, 1.165) is 0 Å². The van der Waals surface area contributed by atoms with Gasteiger partial charge in [-0.3, -0.25) is 4.79 Å². The summed E-state index contributed by atoms with van der Waals surface area (Å²) in [4.78, 5) is 24.6. The van der Waals surface area contributed by atoms with Crippen LogP contribution in [-0.4, -0.2) is 47.0 Å². The lowest BCUT2D eigenvalue weighted by Gasteiger charge is -2.11. The maximum absolute atomic E-state index is 12.4. The molecule has 9 heteroatoms. The number of esters is 1. The molecule has 2 aromatic rings. The Labute approximate surface area is 169 Å². The molecular formula is C20H23NO7S. The smallest absolute Gasteiger partial charge is 0.338 e. The predicted octanol–water partition coefficient (Wildman–Crippen LogP) is 2.43. The van der Waals surface area contributed by atoms with Crippen LogP contribution in [0, 0.1) is 0 Å². The summed E-state index contributed by atoms with van der Waals surface area (Å²) in [7, 11) is -0.858. The Morgan fingerprint density at radius 2 is 1.76 bits per heavy atom. The highest BCUT2D eigenvalue weighted by Gasteiger charge is 2.19. The van der Waals surface area contributed by atoms with Crippen LogP contribution in [0.4, 0.5) is 0 Å². The molecule has 0 unspecified atom stereocenters. The zero-order valence-electron chi connectivity index (χ0n) is 16.6. The van der Waals surface area contributed by atoms with Crippen molar-refractivity contribution in [1.82, 2.24) is 4.72 Å². The zero-order valence-corrected chi connectivity index (χ0v) is 17.4. The second-order valence-corrected chi connectivity index (χ2v) is 8.08. The normalized spacial score (nSPS) is 11.2. The van der Waals surface area contributed by atoms with Gasteiger partial charge in [0, 0.05) is 12.1 Å². The van der Waals surface area contributed by atoms with Gasteiger partial charge < -0.3 is 14.2 Å². The van der Waals surface area contributed by atoms with E-state index in [2.05, 4.69) is 4.72 Å². The Morgan fingerprint density at radius 3 is 2.38 bits per heavy atom. The summed E-state index contributed by atoms with van der Waals surface area (Å²) >= 11 is 0. The maximum Gasteiger partial charge on any atom is 0.338 e. The van der Waals surface area contributed by atoms with Crippen molar-refractivity contribution >= 4 is 21.8 Å². The Hall–Kier alpha value is -2.91. The Kier molecular flexibility index (Phi) is 7.35. The van der Waals surface area contributed by atoms with Crippen LogP contribution in [0.15, 0.2) is 47.4 Å². The van der Waals surface area contributed by atoms with Gasteiger partial charge in [-0.05, 0) is 44.2 Å². The Bertz CT molecular complexity index is 1000. The van der Waals surface area contributed by atoms with Gasteiger partial charge in [-0.25, -0.2) is 17.9 Å². The van der Waals surface area contributed by atoms with E-state index in [4.69, 9.17) is 14.2 Å². The van der Waals surface area contributed by atoms with Crippen LogP contribution in [-0.2, 0) is 14.8 Å². The molecule has 0 bridgehead atoms. The summed E-state index contributed by atoms with van der Waals surface area (Å²) in [6.07, 6.45) is 0. The van der Waals surface area contributed by atoms with Gasteiger partial charge in [-0.1, -0.05) is 6.07 Å². The fourth-order valence-electron chi connectivity index (χ4n) is 2.49. The SMILES string of the molecule is COc1ccc(C(=O)COC(=O)c2cccc(S(=O)(=O)NC(C)C)c2)c(OC)c1. The number of nitrogens with one attached hydrogen (secondary N) is 1. The van der Waals surface area contributed by atoms with Crippen LogP contribution in [0.25, 0.3) is 0 Å². The Balaban J connectivity index is 2.12. The summed E-state index contributed by atoms with van der Waals surface area (Å²) in [5, 5.41) is 0. The number of Topliss-reactive ketones (excluding diaryl/α,β-unsaturated/α-hetero) is 1. The fourth-order valence-corrected chi connectivity index (χ4v) is 3.79. The Morgan fingerprint density at radius 1 is 1.03 bits per heavy atom. The van der Waals surface area contributed by atoms with Gasteiger partial charge in [-0.15, -0.1) is 0 Å². The number of rotatable bonds is 9. The van der Waals surface area contributed by atoms with E-state index in [9.17, 15) is 18.0 Å². The van der Waals surface area contributed by atoms with E-state index in [-0.39, 0.29) is 22.1 Å². The van der Waals surface area contributed by atoms with Crippen molar-refractivity contribution in [2.75, 3.05) is 20.8 Å². The van der Waals surface area contributed by atoms with Gasteiger partial charge in [0.1, 0.15) is 11.5 Å². The van der Waals surface area contributed by atoms with Crippen molar-refractivity contribution in [2.45, 2.75) is 24.8 Å². The monoisotopic (exact) mass is 421 g/mol. The van der Waals surface area contributed by atoms with E-state index in [1.54, 1.807) is 26.0 Å². The minimum atomic E-state index is -3.76. The number of carbonyl (C=O) groups is 2. The molecule has 0 aliphatic heterocycles. The number of benzene rings is 2. The molecule has 0 heterocycles. The molecular weight excluding hydrogens is 398 g/mol. The number of carbonyl (C=O) groups excluding carboxylic acids is 2. The van der Waals surface area contributed by atoms with Crippen LogP contribution in [0.2, 0.25) is 0 Å². The van der Waals surface area contributed by atoms with E-state index in [0.29, 0.717) is 11.5 Å². The number of methoxy groups -OCH3 is 2. The molecule has 8 nitrogen and oxygen atoms in total. The van der Waals surface area contributed by atoms with Crippen molar-refractivity contribution in [2.24, 2.45) is 0 Å². The average molecular weight is 421 g/mol. The van der Waals surface area contributed by atoms with Crippen LogP contribution in [0.5, 0.6) is 11.5 Å². The molecule has 0 saturated heterocycles. The average Bonchev–Trinajstić information content (AvgIpc) is 2.70. The topological polar surface area (TPSA) is 108 Å². The first kappa shape index (κ1) is 22.4. The molecule has 0 aliphatic carbocycles. The highest BCUT2D eigenvalue weighted by atomic mass is 32.2. The lowest BCUT2D eigenvalue weighted by molar-refractivity contribution is 0.0473. The van der Waals surface area contributed by atoms with Crippen LogP contribution in [0.1, 0.15) is 34.6 Å². The molecule has 0 atom stereocenters. The molecule has 0 fully saturated rings. The quantitative estimate of drug-likeness (QED) is 0.489. The van der Waals surface area contributed by atoms with Gasteiger partial charge >= 0.3 is 5.97 Å². The molecule has 0 aliphatic rings. The first-order chi connectivity index (χ1) is 13.7. The molecule has 2 aromatic carbocycles. The van der Waals surface area contributed by atoms with Crippen LogP contribution in [0.3, 0.4) is 0 Å². The number of hydrogen-bond acceptors (Lipinski definition) is 7. The summed E-state index contributed by atoms with van der Waals surface area (Å²) in [6.45, 7) is 2.85. The van der Waals surface area contributed by atoms with Crippen molar-refractivity contribution in [3.8, 4) is 11.5 Å². The molecule has 156 valence electrons. The predicted molar refractivity (Wildman–Crippen MR) is 106 cm³/mol. The van der Waals surface area contributed by atoms with Gasteiger partial charge in [-0.2, -0.15) is 0 Å². The number of ketones is 1. The largest absolute Gasteiger partial charge is 0.497 e. The molecule has 0 radical (unpaired) electrons. The molecule has 0 amide bonds. The van der Waals surface area contributed by atoms with Crippen LogP contribution >= 0.6 is 0 Å². The molecule has 0 saturated carbocycles. The minimum absolute atomic E-state index is 0.0196. The van der Waals surface area contributed by atoms with Gasteiger partial charge in [0.2, 0.25) is 15.8 Å². The van der Waals surface area contributed by atoms with Crippen molar-refractivity contribution in [1.29, 1.82) is 0 Å². The van der Waals surface area contributed by atoms with Crippen molar-refractivity contribution in [3.63, 3.8) is 0 Å². The minimum Gasteiger partial charge on any atom is -0.497 e. The lowest BCUT2D eigenvalue weighted by Crippen LogP contribution is -2.30. The number of hydrogen-bond donors (Lipinski definition) is 1. The van der Waals surface area contributed by atoms with E-state index >= 15 is 0 Å². The summed E-state index contributed by atoms with van der Waals surface area (Å²) in [5.41, 5.74) is 0.254. The maximum atomic E-state index is 12.4. The number of ether oxygens (including phenoxy) is 3. The summed E-state index contributed by atoms with van der Waals surface area (Å²) < 4.78 is 42.2. The van der Waals surface area contributed by atoms with Crippen LogP contribution < -0.4 is 14.2 Å². The third-order valence-corrected chi connectivity index (χ3v) is 5.47. The number of sulfonamides is 1. The zero-order chi connectivity index (χ0) is 21.6. The highest BCUT2D eigenvalue weighted by molar-refractivity contribution is 7.89.